The first-order valence-electron chi connectivity index (χ1n) is 6.54. The van der Waals surface area contributed by atoms with Gasteiger partial charge in [0.15, 0.2) is 0 Å². The number of carbonyl (C=O) groups is 2. The lowest BCUT2D eigenvalue weighted by Gasteiger charge is -2.23. The number of hydrogen-bond donors (Lipinski definition) is 1. The molecular weight excluding hydrogens is 230 g/mol. The lowest BCUT2D eigenvalue weighted by Crippen LogP contribution is -2.34. The Hall–Kier alpha value is -1.06. The third kappa shape index (κ3) is 9.02. The van der Waals surface area contributed by atoms with Crippen LogP contribution in [0, 0.1) is 5.41 Å². The molecule has 4 heteroatoms. The van der Waals surface area contributed by atoms with Crippen LogP contribution in [0.4, 0.5) is 0 Å². The second-order valence-electron chi connectivity index (χ2n) is 6.38. The Morgan fingerprint density at radius 2 is 1.61 bits per heavy atom. The average Bonchev–Trinajstić information content (AvgIpc) is 2.21. The van der Waals surface area contributed by atoms with Gasteiger partial charge >= 0.3 is 5.97 Å². The normalized spacial score (nSPS) is 12.1. The standard InChI is InChI=1S/C14H27NO3/c1-7-14(5,6)10-15-11(16)8-9-12(17)18-13(2,3)4/h7-10H2,1-6H3,(H,15,16). The second kappa shape index (κ2) is 6.76. The van der Waals surface area contributed by atoms with E-state index in [2.05, 4.69) is 26.1 Å². The van der Waals surface area contributed by atoms with E-state index in [1.165, 1.54) is 0 Å². The number of ether oxygens (including phenoxy) is 1. The molecule has 0 bridgehead atoms. The molecular formula is C14H27NO3. The van der Waals surface area contributed by atoms with Crippen LogP contribution < -0.4 is 5.32 Å². The number of nitrogens with one attached hydrogen (secondary N) is 1. The van der Waals surface area contributed by atoms with E-state index in [4.69, 9.17) is 4.74 Å². The van der Waals surface area contributed by atoms with Gasteiger partial charge in [-0.05, 0) is 32.6 Å². The van der Waals surface area contributed by atoms with Crippen molar-refractivity contribution in [2.45, 2.75) is 66.4 Å². The molecule has 1 N–H and O–H groups in total. The van der Waals surface area contributed by atoms with Gasteiger partial charge < -0.3 is 10.1 Å². The Morgan fingerprint density at radius 1 is 1.06 bits per heavy atom. The van der Waals surface area contributed by atoms with Crippen LogP contribution in [-0.4, -0.2) is 24.0 Å². The molecule has 0 aliphatic heterocycles. The summed E-state index contributed by atoms with van der Waals surface area (Å²) in [6, 6.07) is 0. The van der Waals surface area contributed by atoms with Gasteiger partial charge in [-0.1, -0.05) is 20.8 Å². The number of amides is 1. The molecule has 0 aliphatic rings. The fourth-order valence-electron chi connectivity index (χ4n) is 1.16. The monoisotopic (exact) mass is 257 g/mol. The highest BCUT2D eigenvalue weighted by Crippen LogP contribution is 2.17. The SMILES string of the molecule is CCC(C)(C)CNC(=O)CCC(=O)OC(C)(C)C. The maximum atomic E-state index is 11.6. The van der Waals surface area contributed by atoms with Crippen LogP contribution in [0.1, 0.15) is 60.8 Å². The lowest BCUT2D eigenvalue weighted by molar-refractivity contribution is -0.155. The van der Waals surface area contributed by atoms with Crippen LogP contribution >= 0.6 is 0 Å². The van der Waals surface area contributed by atoms with E-state index in [9.17, 15) is 9.59 Å². The molecule has 0 unspecified atom stereocenters. The molecule has 0 heterocycles. The molecule has 1 amide bonds. The van der Waals surface area contributed by atoms with Crippen molar-refractivity contribution in [1.29, 1.82) is 0 Å². The minimum atomic E-state index is -0.488. The maximum Gasteiger partial charge on any atom is 0.306 e. The summed E-state index contributed by atoms with van der Waals surface area (Å²) >= 11 is 0. The van der Waals surface area contributed by atoms with Gasteiger partial charge in [-0.15, -0.1) is 0 Å². The zero-order valence-corrected chi connectivity index (χ0v) is 12.6. The molecule has 0 rings (SSSR count). The number of rotatable bonds is 6. The summed E-state index contributed by atoms with van der Waals surface area (Å²) in [5, 5.41) is 2.85. The molecule has 0 aromatic heterocycles. The minimum Gasteiger partial charge on any atom is -0.460 e. The van der Waals surface area contributed by atoms with Crippen LogP contribution in [0.2, 0.25) is 0 Å². The van der Waals surface area contributed by atoms with Crippen molar-refractivity contribution in [2.24, 2.45) is 5.41 Å². The summed E-state index contributed by atoms with van der Waals surface area (Å²) in [4.78, 5) is 23.0. The summed E-state index contributed by atoms with van der Waals surface area (Å²) in [5.74, 6) is -0.421. The quantitative estimate of drug-likeness (QED) is 0.744. The highest BCUT2D eigenvalue weighted by molar-refractivity contribution is 5.81. The molecule has 18 heavy (non-hydrogen) atoms. The minimum absolute atomic E-state index is 0.0950. The average molecular weight is 257 g/mol. The Kier molecular flexibility index (Phi) is 6.36. The predicted molar refractivity (Wildman–Crippen MR) is 72.2 cm³/mol. The van der Waals surface area contributed by atoms with Crippen LogP contribution in [-0.2, 0) is 14.3 Å². The van der Waals surface area contributed by atoms with Gasteiger partial charge in [-0.25, -0.2) is 0 Å². The van der Waals surface area contributed by atoms with E-state index in [-0.39, 0.29) is 30.1 Å². The summed E-state index contributed by atoms with van der Waals surface area (Å²) in [6.45, 7) is 12.4. The molecule has 0 aromatic rings. The Bertz CT molecular complexity index is 290. The zero-order valence-electron chi connectivity index (χ0n) is 12.6. The molecule has 4 nitrogen and oxygen atoms in total. The van der Waals surface area contributed by atoms with Gasteiger partial charge in [-0.3, -0.25) is 9.59 Å². The zero-order chi connectivity index (χ0) is 14.4. The van der Waals surface area contributed by atoms with Crippen molar-refractivity contribution in [3.8, 4) is 0 Å². The highest BCUT2D eigenvalue weighted by Gasteiger charge is 2.19. The topological polar surface area (TPSA) is 55.4 Å². The van der Waals surface area contributed by atoms with E-state index >= 15 is 0 Å². The Labute approximate surface area is 110 Å². The molecule has 0 saturated carbocycles. The molecule has 0 radical (unpaired) electrons. The van der Waals surface area contributed by atoms with Gasteiger partial charge in [0.2, 0.25) is 5.91 Å². The number of carbonyl (C=O) groups excluding carboxylic acids is 2. The van der Waals surface area contributed by atoms with E-state index in [1.54, 1.807) is 0 Å². The number of hydrogen-bond acceptors (Lipinski definition) is 3. The lowest BCUT2D eigenvalue weighted by atomic mass is 9.90. The van der Waals surface area contributed by atoms with Gasteiger partial charge in [-0.2, -0.15) is 0 Å². The first-order chi connectivity index (χ1) is 8.06. The predicted octanol–water partition coefficient (Wildman–Crippen LogP) is 2.66. The second-order valence-corrected chi connectivity index (χ2v) is 6.38. The molecule has 0 fully saturated rings. The summed E-state index contributed by atoms with van der Waals surface area (Å²) in [6.07, 6.45) is 1.32. The van der Waals surface area contributed by atoms with Crippen molar-refractivity contribution in [3.05, 3.63) is 0 Å². The largest absolute Gasteiger partial charge is 0.460 e. The van der Waals surface area contributed by atoms with Crippen molar-refractivity contribution in [1.82, 2.24) is 5.32 Å². The summed E-state index contributed by atoms with van der Waals surface area (Å²) < 4.78 is 5.14. The molecule has 0 atom stereocenters. The highest BCUT2D eigenvalue weighted by atomic mass is 16.6. The smallest absolute Gasteiger partial charge is 0.306 e. The van der Waals surface area contributed by atoms with Crippen LogP contribution in [0.25, 0.3) is 0 Å². The van der Waals surface area contributed by atoms with Crippen LogP contribution in [0.15, 0.2) is 0 Å². The molecule has 0 saturated heterocycles. The van der Waals surface area contributed by atoms with Gasteiger partial charge in [0, 0.05) is 13.0 Å². The number of esters is 1. The van der Waals surface area contributed by atoms with Gasteiger partial charge in [0.05, 0.1) is 6.42 Å². The molecule has 0 aromatic carbocycles. The first-order valence-corrected chi connectivity index (χ1v) is 6.54. The van der Waals surface area contributed by atoms with E-state index < -0.39 is 5.60 Å². The summed E-state index contributed by atoms with van der Waals surface area (Å²) in [5.41, 5.74) is -0.390. The van der Waals surface area contributed by atoms with Crippen molar-refractivity contribution in [3.63, 3.8) is 0 Å². The third-order valence-corrected chi connectivity index (χ3v) is 2.70. The molecule has 106 valence electrons. The summed E-state index contributed by atoms with van der Waals surface area (Å²) in [7, 11) is 0. The Balaban J connectivity index is 3.88. The maximum absolute atomic E-state index is 11.6. The van der Waals surface area contributed by atoms with Crippen molar-refractivity contribution >= 4 is 11.9 Å². The fourth-order valence-corrected chi connectivity index (χ4v) is 1.16. The molecule has 0 spiro atoms. The van der Waals surface area contributed by atoms with E-state index in [0.29, 0.717) is 6.54 Å². The fraction of sp³-hybridized carbons (Fsp3) is 0.857. The van der Waals surface area contributed by atoms with E-state index in [1.807, 2.05) is 20.8 Å². The Morgan fingerprint density at radius 3 is 2.06 bits per heavy atom. The van der Waals surface area contributed by atoms with Crippen molar-refractivity contribution in [2.75, 3.05) is 6.54 Å². The van der Waals surface area contributed by atoms with Gasteiger partial charge in [0.25, 0.3) is 0 Å². The van der Waals surface area contributed by atoms with E-state index in [0.717, 1.165) is 6.42 Å². The molecule has 0 aliphatic carbocycles. The van der Waals surface area contributed by atoms with Crippen LogP contribution in [0.3, 0.4) is 0 Å². The van der Waals surface area contributed by atoms with Crippen molar-refractivity contribution < 1.29 is 14.3 Å². The van der Waals surface area contributed by atoms with Gasteiger partial charge in [0.1, 0.15) is 5.60 Å². The van der Waals surface area contributed by atoms with Crippen LogP contribution in [0.5, 0.6) is 0 Å². The third-order valence-electron chi connectivity index (χ3n) is 2.70. The first kappa shape index (κ1) is 16.9.